The summed E-state index contributed by atoms with van der Waals surface area (Å²) in [5.41, 5.74) is 0.368. The maximum atomic E-state index is 11.5. The minimum absolute atomic E-state index is 0.148. The van der Waals surface area contributed by atoms with Crippen molar-refractivity contribution in [1.29, 1.82) is 0 Å². The maximum Gasteiger partial charge on any atom is 0.333 e. The van der Waals surface area contributed by atoms with Crippen LogP contribution in [0.4, 0.5) is 0 Å². The van der Waals surface area contributed by atoms with Gasteiger partial charge in [-0.1, -0.05) is 25.3 Å². The smallest absolute Gasteiger partial charge is 0.333 e. The molecule has 0 spiro atoms. The molecule has 0 saturated heterocycles. The summed E-state index contributed by atoms with van der Waals surface area (Å²) in [4.78, 5) is 45.4. The van der Waals surface area contributed by atoms with Gasteiger partial charge in [0.2, 0.25) is 0 Å². The Labute approximate surface area is 174 Å². The van der Waals surface area contributed by atoms with Crippen molar-refractivity contribution in [3.8, 4) is 0 Å². The molecule has 10 heteroatoms. The maximum absolute atomic E-state index is 11.5. The lowest BCUT2D eigenvalue weighted by Crippen LogP contribution is -2.25. The monoisotopic (exact) mass is 428 g/mol. The van der Waals surface area contributed by atoms with E-state index in [0.29, 0.717) is 0 Å². The van der Waals surface area contributed by atoms with Crippen LogP contribution < -0.4 is 0 Å². The second-order valence-corrected chi connectivity index (χ2v) is 6.31. The van der Waals surface area contributed by atoms with E-state index < -0.39 is 36.1 Å². The second kappa shape index (κ2) is 14.9. The molecule has 2 N–H and O–H groups in total. The van der Waals surface area contributed by atoms with Gasteiger partial charge in [0.15, 0.2) is 0 Å². The molecule has 0 aliphatic heterocycles. The number of ether oxygens (including phenoxy) is 4. The second-order valence-electron chi connectivity index (χ2n) is 6.31. The van der Waals surface area contributed by atoms with Crippen LogP contribution in [0.25, 0.3) is 0 Å². The zero-order chi connectivity index (χ0) is 23.1. The molecule has 168 valence electrons. The fourth-order valence-corrected chi connectivity index (χ4v) is 1.54. The van der Waals surface area contributed by atoms with Crippen LogP contribution in [-0.4, -0.2) is 72.7 Å². The van der Waals surface area contributed by atoms with E-state index in [9.17, 15) is 29.4 Å². The molecule has 0 radical (unpaired) electrons. The molecule has 0 heterocycles. The van der Waals surface area contributed by atoms with Crippen LogP contribution in [-0.2, 0) is 38.1 Å². The Bertz CT molecular complexity index is 608. The summed E-state index contributed by atoms with van der Waals surface area (Å²) < 4.78 is 19.0. The van der Waals surface area contributed by atoms with Gasteiger partial charge in [-0.15, -0.1) is 0 Å². The van der Waals surface area contributed by atoms with E-state index in [0.717, 1.165) is 0 Å². The van der Waals surface area contributed by atoms with E-state index in [2.05, 4.69) is 13.2 Å². The van der Waals surface area contributed by atoms with Crippen LogP contribution in [0, 0.1) is 0 Å². The number of aliphatic hydroxyl groups is 2. The normalized spacial score (nSPS) is 12.5. The molecule has 0 saturated carbocycles. The molecule has 2 atom stereocenters. The minimum Gasteiger partial charge on any atom is -0.463 e. The van der Waals surface area contributed by atoms with Gasteiger partial charge in [0, 0.05) is 11.1 Å². The minimum atomic E-state index is -1.17. The van der Waals surface area contributed by atoms with Crippen molar-refractivity contribution in [3.63, 3.8) is 0 Å². The molecule has 0 aliphatic rings. The largest absolute Gasteiger partial charge is 0.463 e. The molecule has 0 aromatic carbocycles. The summed E-state index contributed by atoms with van der Waals surface area (Å²) in [7, 11) is 0. The van der Waals surface area contributed by atoms with Crippen LogP contribution >= 0.6 is 0 Å². The van der Waals surface area contributed by atoms with E-state index in [1.165, 1.54) is 26.0 Å². The van der Waals surface area contributed by atoms with Gasteiger partial charge in [-0.25, -0.2) is 9.59 Å². The van der Waals surface area contributed by atoms with Crippen molar-refractivity contribution >= 4 is 23.9 Å². The van der Waals surface area contributed by atoms with Crippen molar-refractivity contribution in [1.82, 2.24) is 0 Å². The van der Waals surface area contributed by atoms with Crippen molar-refractivity contribution in [2.45, 2.75) is 38.9 Å². The molecule has 0 bridgehead atoms. The first-order chi connectivity index (χ1) is 14.0. The number of hydrogen-bond donors (Lipinski definition) is 2. The summed E-state index contributed by atoms with van der Waals surface area (Å²) in [5.74, 6) is -2.62. The Morgan fingerprint density at radius 1 is 0.700 bits per heavy atom. The number of carbonyl (C=O) groups excluding carboxylic acids is 4. The van der Waals surface area contributed by atoms with E-state index in [1.54, 1.807) is 0 Å². The van der Waals surface area contributed by atoms with E-state index in [4.69, 9.17) is 18.9 Å². The van der Waals surface area contributed by atoms with Gasteiger partial charge in [-0.05, 0) is 13.8 Å². The third-order valence-electron chi connectivity index (χ3n) is 3.12. The predicted molar refractivity (Wildman–Crippen MR) is 104 cm³/mol. The zero-order valence-electron chi connectivity index (χ0n) is 17.1. The molecule has 0 aromatic heterocycles. The third-order valence-corrected chi connectivity index (χ3v) is 3.12. The highest BCUT2D eigenvalue weighted by Gasteiger charge is 2.13. The van der Waals surface area contributed by atoms with Crippen LogP contribution in [0.1, 0.15) is 26.7 Å². The SMILES string of the molecule is C=C(C)C(=O)OCC(O)COC(=O)CC=CCC(=O)OCC(O)COC(=O)C(=C)C. The molecule has 0 aliphatic carbocycles. The highest BCUT2D eigenvalue weighted by atomic mass is 16.6. The first-order valence-electron chi connectivity index (χ1n) is 9.00. The molecule has 0 fully saturated rings. The lowest BCUT2D eigenvalue weighted by molar-refractivity contribution is -0.151. The van der Waals surface area contributed by atoms with Crippen LogP contribution in [0.15, 0.2) is 36.5 Å². The summed E-state index contributed by atoms with van der Waals surface area (Å²) in [6.45, 7) is 8.31. The van der Waals surface area contributed by atoms with Crippen molar-refractivity contribution in [3.05, 3.63) is 36.5 Å². The van der Waals surface area contributed by atoms with Gasteiger partial charge in [-0.2, -0.15) is 0 Å². The quantitative estimate of drug-likeness (QED) is 0.172. The van der Waals surface area contributed by atoms with Crippen LogP contribution in [0.2, 0.25) is 0 Å². The summed E-state index contributed by atoms with van der Waals surface area (Å²) in [5, 5.41) is 19.1. The fraction of sp³-hybridized carbons (Fsp3) is 0.500. The highest BCUT2D eigenvalue weighted by molar-refractivity contribution is 5.87. The van der Waals surface area contributed by atoms with E-state index >= 15 is 0 Å². The molecule has 0 aromatic rings. The summed E-state index contributed by atoms with van der Waals surface area (Å²) >= 11 is 0. The average Bonchev–Trinajstić information content (AvgIpc) is 2.69. The topological polar surface area (TPSA) is 146 Å². The number of rotatable bonds is 14. The lowest BCUT2D eigenvalue weighted by Gasteiger charge is -2.11. The lowest BCUT2D eigenvalue weighted by atomic mass is 10.3. The Morgan fingerprint density at radius 2 is 1.00 bits per heavy atom. The molecular formula is C20H28O10. The van der Waals surface area contributed by atoms with Gasteiger partial charge in [0.05, 0.1) is 12.8 Å². The van der Waals surface area contributed by atoms with Crippen molar-refractivity contribution in [2.24, 2.45) is 0 Å². The standard InChI is InChI=1S/C20H28O10/c1-13(2)19(25)29-11-15(21)9-27-17(23)7-5-6-8-18(24)28-10-16(22)12-30-20(26)14(3)4/h5-6,15-16,21-22H,1,3,7-12H2,2,4H3. The number of hydrogen-bond acceptors (Lipinski definition) is 10. The third kappa shape index (κ3) is 14.1. The number of esters is 4. The molecule has 0 rings (SSSR count). The van der Waals surface area contributed by atoms with Crippen LogP contribution in [0.3, 0.4) is 0 Å². The zero-order valence-corrected chi connectivity index (χ0v) is 17.1. The first-order valence-corrected chi connectivity index (χ1v) is 9.00. The molecule has 0 amide bonds. The summed E-state index contributed by atoms with van der Waals surface area (Å²) in [6, 6.07) is 0. The highest BCUT2D eigenvalue weighted by Crippen LogP contribution is 1.99. The number of carbonyl (C=O) groups is 4. The van der Waals surface area contributed by atoms with Crippen molar-refractivity contribution < 1.29 is 48.3 Å². The Hall–Kier alpha value is -2.98. The fourth-order valence-electron chi connectivity index (χ4n) is 1.54. The van der Waals surface area contributed by atoms with Gasteiger partial charge in [0.25, 0.3) is 0 Å². The Morgan fingerprint density at radius 3 is 1.30 bits per heavy atom. The molecule has 10 nitrogen and oxygen atoms in total. The molecule has 2 unspecified atom stereocenters. The van der Waals surface area contributed by atoms with Gasteiger partial charge < -0.3 is 29.2 Å². The first kappa shape index (κ1) is 27.0. The van der Waals surface area contributed by atoms with E-state index in [-0.39, 0.29) is 50.4 Å². The number of aliphatic hydroxyl groups excluding tert-OH is 2. The molecular weight excluding hydrogens is 400 g/mol. The Balaban J connectivity index is 3.91. The molecule has 30 heavy (non-hydrogen) atoms. The van der Waals surface area contributed by atoms with Crippen LogP contribution in [0.5, 0.6) is 0 Å². The van der Waals surface area contributed by atoms with Gasteiger partial charge in [-0.3, -0.25) is 9.59 Å². The van der Waals surface area contributed by atoms with Crippen molar-refractivity contribution in [2.75, 3.05) is 26.4 Å². The van der Waals surface area contributed by atoms with E-state index in [1.807, 2.05) is 0 Å². The Kier molecular flexibility index (Phi) is 13.5. The van der Waals surface area contributed by atoms with Gasteiger partial charge >= 0.3 is 23.9 Å². The predicted octanol–water partition coefficient (Wildman–Crippen LogP) is 0.370. The van der Waals surface area contributed by atoms with Gasteiger partial charge in [0.1, 0.15) is 38.6 Å². The summed E-state index contributed by atoms with van der Waals surface area (Å²) in [6.07, 6.45) is 0.120. The average molecular weight is 428 g/mol.